The minimum Gasteiger partial charge on any atom is -0.497 e. The third-order valence-corrected chi connectivity index (χ3v) is 4.94. The molecule has 0 saturated carbocycles. The highest BCUT2D eigenvalue weighted by Gasteiger charge is 2.42. The van der Waals surface area contributed by atoms with Gasteiger partial charge in [0.15, 0.2) is 11.5 Å². The number of aliphatic carboxylic acids is 1. The van der Waals surface area contributed by atoms with Crippen LogP contribution in [0.1, 0.15) is 23.1 Å². The molecule has 2 aliphatic rings. The lowest BCUT2D eigenvalue weighted by Gasteiger charge is -2.21. The summed E-state index contributed by atoms with van der Waals surface area (Å²) in [6.45, 7) is 0.797. The molecule has 6 nitrogen and oxygen atoms in total. The van der Waals surface area contributed by atoms with Crippen LogP contribution in [0.5, 0.6) is 17.2 Å². The topological polar surface area (TPSA) is 77.0 Å². The summed E-state index contributed by atoms with van der Waals surface area (Å²) in [5.41, 5.74) is 1.89. The van der Waals surface area contributed by atoms with Crippen molar-refractivity contribution in [1.29, 1.82) is 0 Å². The lowest BCUT2D eigenvalue weighted by Crippen LogP contribution is -2.25. The van der Waals surface area contributed by atoms with Crippen LogP contribution in [0.25, 0.3) is 0 Å². The maximum absolute atomic E-state index is 12.0. The fourth-order valence-electron chi connectivity index (χ4n) is 3.66. The average molecular weight is 341 g/mol. The molecule has 3 atom stereocenters. The van der Waals surface area contributed by atoms with Gasteiger partial charge in [-0.3, -0.25) is 4.79 Å². The van der Waals surface area contributed by atoms with Gasteiger partial charge in [0.05, 0.1) is 13.0 Å². The Morgan fingerprint density at radius 2 is 1.84 bits per heavy atom. The standard InChI is InChI=1S/C19H19NO5/c1-23-13-5-2-11(3-6-13)18-17(19(21)22)14(9-20-18)12-4-7-15-16(8-12)25-10-24-15/h2-8,14,17-18,20H,9-10H2,1H3,(H,21,22)/t14-,17+,18-/m1/s1. The van der Waals surface area contributed by atoms with Crippen molar-refractivity contribution in [1.82, 2.24) is 5.32 Å². The van der Waals surface area contributed by atoms with E-state index in [-0.39, 0.29) is 18.8 Å². The largest absolute Gasteiger partial charge is 0.497 e. The Morgan fingerprint density at radius 3 is 2.56 bits per heavy atom. The Morgan fingerprint density at radius 1 is 1.12 bits per heavy atom. The Labute approximate surface area is 145 Å². The Balaban J connectivity index is 1.64. The van der Waals surface area contributed by atoms with Crippen LogP contribution in [0.2, 0.25) is 0 Å². The fourth-order valence-corrected chi connectivity index (χ4v) is 3.66. The first-order chi connectivity index (χ1) is 12.2. The summed E-state index contributed by atoms with van der Waals surface area (Å²) in [6.07, 6.45) is 0. The molecule has 2 aliphatic heterocycles. The molecular formula is C19H19NO5. The molecule has 2 heterocycles. The predicted octanol–water partition coefficient (Wildman–Crippen LogP) is 2.55. The van der Waals surface area contributed by atoms with Crippen LogP contribution in [0.3, 0.4) is 0 Å². The number of fused-ring (bicyclic) bond motifs is 1. The second-order valence-electron chi connectivity index (χ2n) is 6.24. The molecule has 0 unspecified atom stereocenters. The summed E-state index contributed by atoms with van der Waals surface area (Å²) in [4.78, 5) is 12.0. The zero-order valence-corrected chi connectivity index (χ0v) is 13.8. The zero-order chi connectivity index (χ0) is 17.4. The van der Waals surface area contributed by atoms with Gasteiger partial charge in [0.2, 0.25) is 6.79 Å². The molecule has 2 N–H and O–H groups in total. The number of ether oxygens (including phenoxy) is 3. The van der Waals surface area contributed by atoms with E-state index in [1.165, 1.54) is 0 Å². The van der Waals surface area contributed by atoms with Crippen LogP contribution in [-0.2, 0) is 4.79 Å². The van der Waals surface area contributed by atoms with Gasteiger partial charge in [0.25, 0.3) is 0 Å². The summed E-state index contributed by atoms with van der Waals surface area (Å²) in [5, 5.41) is 13.2. The molecule has 0 bridgehead atoms. The number of carboxylic acid groups (broad SMARTS) is 1. The second kappa shape index (κ2) is 6.29. The summed E-state index contributed by atoms with van der Waals surface area (Å²) in [6, 6.07) is 12.9. The van der Waals surface area contributed by atoms with Crippen LogP contribution >= 0.6 is 0 Å². The zero-order valence-electron chi connectivity index (χ0n) is 13.8. The van der Waals surface area contributed by atoms with Gasteiger partial charge in [-0.1, -0.05) is 18.2 Å². The first-order valence-corrected chi connectivity index (χ1v) is 8.17. The van der Waals surface area contributed by atoms with Crippen molar-refractivity contribution in [3.05, 3.63) is 53.6 Å². The highest BCUT2D eigenvalue weighted by atomic mass is 16.7. The van der Waals surface area contributed by atoms with Gasteiger partial charge < -0.3 is 24.6 Å². The molecule has 0 radical (unpaired) electrons. The molecule has 0 amide bonds. The van der Waals surface area contributed by atoms with Gasteiger partial charge >= 0.3 is 5.97 Å². The minimum absolute atomic E-state index is 0.140. The third kappa shape index (κ3) is 2.78. The molecule has 2 aromatic rings. The molecule has 25 heavy (non-hydrogen) atoms. The maximum atomic E-state index is 12.0. The van der Waals surface area contributed by atoms with Gasteiger partial charge in [-0.2, -0.15) is 0 Å². The van der Waals surface area contributed by atoms with E-state index in [1.807, 2.05) is 42.5 Å². The van der Waals surface area contributed by atoms with Crippen LogP contribution in [0, 0.1) is 5.92 Å². The van der Waals surface area contributed by atoms with Crippen molar-refractivity contribution in [2.24, 2.45) is 5.92 Å². The van der Waals surface area contributed by atoms with Crippen LogP contribution in [0.15, 0.2) is 42.5 Å². The average Bonchev–Trinajstić information content (AvgIpc) is 3.27. The molecular weight excluding hydrogens is 322 g/mol. The highest BCUT2D eigenvalue weighted by molar-refractivity contribution is 5.73. The molecule has 1 saturated heterocycles. The van der Waals surface area contributed by atoms with Crippen molar-refractivity contribution in [2.75, 3.05) is 20.4 Å². The summed E-state index contributed by atoms with van der Waals surface area (Å²) in [7, 11) is 1.61. The van der Waals surface area contributed by atoms with Gasteiger partial charge in [0.1, 0.15) is 5.75 Å². The fraction of sp³-hybridized carbons (Fsp3) is 0.316. The number of hydrogen-bond acceptors (Lipinski definition) is 5. The Hall–Kier alpha value is -2.73. The minimum atomic E-state index is -0.812. The van der Waals surface area contributed by atoms with Crippen molar-refractivity contribution >= 4 is 5.97 Å². The Bertz CT molecular complexity index is 789. The van der Waals surface area contributed by atoms with E-state index in [2.05, 4.69) is 5.32 Å². The van der Waals surface area contributed by atoms with Crippen LogP contribution in [0.4, 0.5) is 0 Å². The second-order valence-corrected chi connectivity index (χ2v) is 6.24. The summed E-state index contributed by atoms with van der Waals surface area (Å²) < 4.78 is 15.9. The SMILES string of the molecule is COc1ccc([C@H]2NC[C@H](c3ccc4c(c3)OCO4)[C@@H]2C(=O)O)cc1. The van der Waals surface area contributed by atoms with E-state index < -0.39 is 11.9 Å². The number of carboxylic acids is 1. The van der Waals surface area contributed by atoms with Crippen LogP contribution < -0.4 is 19.5 Å². The van der Waals surface area contributed by atoms with Gasteiger partial charge in [-0.15, -0.1) is 0 Å². The number of rotatable bonds is 4. The van der Waals surface area contributed by atoms with Crippen molar-refractivity contribution in [3.8, 4) is 17.2 Å². The first kappa shape index (κ1) is 15.8. The molecule has 0 spiro atoms. The van der Waals surface area contributed by atoms with Crippen molar-refractivity contribution < 1.29 is 24.1 Å². The summed E-state index contributed by atoms with van der Waals surface area (Å²) in [5.74, 6) is 0.616. The van der Waals surface area contributed by atoms with Crippen molar-refractivity contribution in [3.63, 3.8) is 0 Å². The first-order valence-electron chi connectivity index (χ1n) is 8.17. The number of hydrogen-bond donors (Lipinski definition) is 2. The van der Waals surface area contributed by atoms with E-state index in [4.69, 9.17) is 14.2 Å². The number of methoxy groups -OCH3 is 1. The summed E-state index contributed by atoms with van der Waals surface area (Å²) >= 11 is 0. The lowest BCUT2D eigenvalue weighted by molar-refractivity contribution is -0.142. The van der Waals surface area contributed by atoms with E-state index in [9.17, 15) is 9.90 Å². The molecule has 6 heteroatoms. The molecule has 0 aliphatic carbocycles. The van der Waals surface area contributed by atoms with E-state index in [0.717, 1.165) is 16.9 Å². The molecule has 2 aromatic carbocycles. The maximum Gasteiger partial charge on any atom is 0.309 e. The molecule has 1 fully saturated rings. The van der Waals surface area contributed by atoms with E-state index in [0.29, 0.717) is 18.0 Å². The van der Waals surface area contributed by atoms with Crippen molar-refractivity contribution in [2.45, 2.75) is 12.0 Å². The normalized spacial score (nSPS) is 24.3. The van der Waals surface area contributed by atoms with Gasteiger partial charge in [0, 0.05) is 18.5 Å². The number of nitrogens with one attached hydrogen (secondary N) is 1. The predicted molar refractivity (Wildman–Crippen MR) is 90.2 cm³/mol. The monoisotopic (exact) mass is 341 g/mol. The molecule has 4 rings (SSSR count). The lowest BCUT2D eigenvalue weighted by atomic mass is 9.83. The third-order valence-electron chi connectivity index (χ3n) is 4.94. The Kier molecular flexibility index (Phi) is 3.97. The molecule has 130 valence electrons. The highest BCUT2D eigenvalue weighted by Crippen LogP contribution is 2.43. The number of benzene rings is 2. The quantitative estimate of drug-likeness (QED) is 0.890. The van der Waals surface area contributed by atoms with E-state index >= 15 is 0 Å². The number of carbonyl (C=O) groups is 1. The molecule has 0 aromatic heterocycles. The van der Waals surface area contributed by atoms with Crippen LogP contribution in [-0.4, -0.2) is 31.5 Å². The van der Waals surface area contributed by atoms with Gasteiger partial charge in [-0.25, -0.2) is 0 Å². The van der Waals surface area contributed by atoms with E-state index in [1.54, 1.807) is 7.11 Å². The van der Waals surface area contributed by atoms with Gasteiger partial charge in [-0.05, 0) is 35.4 Å². The smallest absolute Gasteiger partial charge is 0.309 e.